The molecule has 0 amide bonds. The van der Waals surface area contributed by atoms with Gasteiger partial charge in [-0.1, -0.05) is 110 Å². The van der Waals surface area contributed by atoms with Gasteiger partial charge in [-0.3, -0.25) is 0 Å². The number of fused-ring (bicyclic) bond motifs is 2. The molecule has 0 nitrogen and oxygen atoms in total. The summed E-state index contributed by atoms with van der Waals surface area (Å²) in [4.78, 5) is 0. The summed E-state index contributed by atoms with van der Waals surface area (Å²) in [5.41, 5.74) is 5.63. The van der Waals surface area contributed by atoms with Crippen LogP contribution in [0.1, 0.15) is 20.3 Å². The van der Waals surface area contributed by atoms with E-state index in [2.05, 4.69) is 105 Å². The van der Waals surface area contributed by atoms with Crippen LogP contribution in [-0.4, -0.2) is 17.0 Å². The van der Waals surface area contributed by atoms with Crippen molar-refractivity contribution in [1.82, 2.24) is 0 Å². The van der Waals surface area contributed by atoms with Crippen LogP contribution in [0.5, 0.6) is 0 Å². The second-order valence-corrected chi connectivity index (χ2v) is 12.9. The molecule has 0 aromatic heterocycles. The third-order valence-corrected chi connectivity index (χ3v) is 13.1. The lowest BCUT2D eigenvalue weighted by atomic mass is 9.94. The maximum Gasteiger partial charge on any atom is 0.0120 e. The van der Waals surface area contributed by atoms with Crippen molar-refractivity contribution in [2.45, 2.75) is 37.2 Å². The van der Waals surface area contributed by atoms with Crippen LogP contribution in [0.15, 0.2) is 102 Å². The summed E-state index contributed by atoms with van der Waals surface area (Å²) < 4.78 is 0. The van der Waals surface area contributed by atoms with Gasteiger partial charge in [-0.2, -0.15) is 0 Å². The first-order chi connectivity index (χ1) is 13.8. The summed E-state index contributed by atoms with van der Waals surface area (Å²) in [5, 5.41) is 4.67. The maximum atomic E-state index is 2.42. The van der Waals surface area contributed by atoms with E-state index in [0.717, 1.165) is 17.0 Å². The summed E-state index contributed by atoms with van der Waals surface area (Å²) in [5.74, 6) is 0. The zero-order chi connectivity index (χ0) is 19.1. The molecule has 140 valence electrons. The summed E-state index contributed by atoms with van der Waals surface area (Å²) in [6, 6.07) is 34.0. The molecule has 5 rings (SSSR count). The molecule has 3 aromatic carbocycles. The zero-order valence-electron chi connectivity index (χ0n) is 16.5. The highest BCUT2D eigenvalue weighted by Gasteiger charge is 2.53. The lowest BCUT2D eigenvalue weighted by molar-refractivity contribution is 0.756. The maximum absolute atomic E-state index is 2.42. The quantitative estimate of drug-likeness (QED) is 0.384. The van der Waals surface area contributed by atoms with Gasteiger partial charge in [0.05, 0.1) is 0 Å². The lowest BCUT2D eigenvalue weighted by Crippen LogP contribution is -2.30. The molecule has 28 heavy (non-hydrogen) atoms. The molecule has 1 unspecified atom stereocenters. The monoisotopic (exact) mass is 400 g/mol. The van der Waals surface area contributed by atoms with E-state index in [0.29, 0.717) is 0 Å². The van der Waals surface area contributed by atoms with Gasteiger partial charge in [0, 0.05) is 11.3 Å². The van der Waals surface area contributed by atoms with Crippen molar-refractivity contribution in [1.29, 1.82) is 0 Å². The van der Waals surface area contributed by atoms with Crippen LogP contribution in [0.4, 0.5) is 0 Å². The van der Waals surface area contributed by atoms with E-state index < -0.39 is 0 Å². The van der Waals surface area contributed by atoms with Gasteiger partial charge in [-0.05, 0) is 49.8 Å². The number of benzene rings is 3. The molecule has 2 heteroatoms. The van der Waals surface area contributed by atoms with Gasteiger partial charge in [0.1, 0.15) is 0 Å². The van der Waals surface area contributed by atoms with Crippen LogP contribution in [0.2, 0.25) is 0 Å². The number of hydrogen-bond acceptors (Lipinski definition) is 0. The fourth-order valence-corrected chi connectivity index (χ4v) is 12.9. The molecule has 2 aliphatic heterocycles. The Hall–Kier alpha value is -1.74. The van der Waals surface area contributed by atoms with Gasteiger partial charge in [0.2, 0.25) is 0 Å². The Morgan fingerprint density at radius 1 is 0.679 bits per heavy atom. The number of rotatable bonds is 4. The molecule has 2 bridgehead atoms. The first-order valence-electron chi connectivity index (χ1n) is 10.2. The van der Waals surface area contributed by atoms with Gasteiger partial charge in [-0.15, -0.1) is 0 Å². The van der Waals surface area contributed by atoms with E-state index in [1.165, 1.54) is 17.0 Å². The molecule has 3 aromatic rings. The second-order valence-electron chi connectivity index (χ2n) is 7.91. The predicted octanol–water partition coefficient (Wildman–Crippen LogP) is 5.79. The fourth-order valence-electron chi connectivity index (χ4n) is 5.13. The Morgan fingerprint density at radius 2 is 1.18 bits per heavy atom. The van der Waals surface area contributed by atoms with Crippen LogP contribution in [0.25, 0.3) is 0 Å². The van der Waals surface area contributed by atoms with E-state index >= 15 is 0 Å². The van der Waals surface area contributed by atoms with Crippen LogP contribution in [0.3, 0.4) is 0 Å². The lowest BCUT2D eigenvalue weighted by Gasteiger charge is -2.33. The van der Waals surface area contributed by atoms with Crippen molar-refractivity contribution < 1.29 is 0 Å². The van der Waals surface area contributed by atoms with Gasteiger partial charge in [-0.25, -0.2) is 0 Å². The summed E-state index contributed by atoms with van der Waals surface area (Å²) in [6.45, 7) is 4.83. The molecular weight excluding hydrogens is 374 g/mol. The molecule has 2 aliphatic rings. The van der Waals surface area contributed by atoms with Gasteiger partial charge in [0.25, 0.3) is 0 Å². The first kappa shape index (κ1) is 18.3. The van der Waals surface area contributed by atoms with Crippen LogP contribution in [0, 0.1) is 0 Å². The van der Waals surface area contributed by atoms with E-state index in [9.17, 15) is 0 Å². The highest BCUT2D eigenvalue weighted by molar-refractivity contribution is 7.76. The Bertz CT molecular complexity index is 939. The van der Waals surface area contributed by atoms with E-state index in [1.807, 2.05) is 0 Å². The van der Waals surface area contributed by atoms with Gasteiger partial charge < -0.3 is 0 Å². The second kappa shape index (κ2) is 7.59. The van der Waals surface area contributed by atoms with Crippen molar-refractivity contribution >= 4 is 31.8 Å². The standard InChI is InChI=1S/C26H26P2/c1-19-20(2)26-25(18-24(19)28(26)23-16-10-5-11-17-23)27(21-12-6-3-7-13-21)22-14-8-4-9-15-22/h3-17,24-26H,18H2,1-2H3/t24-,25-,26-,28?/m1/s1. The molecule has 0 N–H and O–H groups in total. The average molecular weight is 400 g/mol. The Morgan fingerprint density at radius 3 is 1.71 bits per heavy atom. The molecule has 4 atom stereocenters. The molecule has 0 aliphatic carbocycles. The smallest absolute Gasteiger partial charge is 0.0120 e. The summed E-state index contributed by atoms with van der Waals surface area (Å²) in [6.07, 6.45) is 1.35. The third-order valence-electron chi connectivity index (χ3n) is 6.48. The molecule has 0 spiro atoms. The summed E-state index contributed by atoms with van der Waals surface area (Å²) in [7, 11) is -0.488. The van der Waals surface area contributed by atoms with Crippen LogP contribution in [-0.2, 0) is 0 Å². The predicted molar refractivity (Wildman–Crippen MR) is 126 cm³/mol. The highest BCUT2D eigenvalue weighted by Crippen LogP contribution is 2.70. The third kappa shape index (κ3) is 2.99. The largest absolute Gasteiger partial charge is 0.0660 e. The normalized spacial score (nSPS) is 26.2. The molecule has 0 radical (unpaired) electrons. The highest BCUT2D eigenvalue weighted by atomic mass is 31.1. The van der Waals surface area contributed by atoms with Crippen molar-refractivity contribution in [2.75, 3.05) is 0 Å². The van der Waals surface area contributed by atoms with E-state index in [1.54, 1.807) is 16.5 Å². The van der Waals surface area contributed by atoms with Crippen molar-refractivity contribution in [3.63, 3.8) is 0 Å². The minimum absolute atomic E-state index is 0.141. The van der Waals surface area contributed by atoms with Gasteiger partial charge in [0.15, 0.2) is 0 Å². The van der Waals surface area contributed by atoms with E-state index in [-0.39, 0.29) is 15.8 Å². The molecule has 1 fully saturated rings. The zero-order valence-corrected chi connectivity index (χ0v) is 18.3. The topological polar surface area (TPSA) is 0 Å². The number of allylic oxidation sites excluding steroid dienone is 2. The van der Waals surface area contributed by atoms with Crippen molar-refractivity contribution in [3.8, 4) is 0 Å². The van der Waals surface area contributed by atoms with Crippen LogP contribution < -0.4 is 15.9 Å². The average Bonchev–Trinajstić information content (AvgIpc) is 3.25. The minimum atomic E-state index is -0.347. The first-order valence-corrected chi connectivity index (χ1v) is 13.0. The Balaban J connectivity index is 1.61. The molecule has 0 saturated carbocycles. The Kier molecular flexibility index (Phi) is 4.96. The van der Waals surface area contributed by atoms with Crippen LogP contribution >= 0.6 is 15.8 Å². The molecular formula is C26H26P2. The van der Waals surface area contributed by atoms with Gasteiger partial charge >= 0.3 is 0 Å². The van der Waals surface area contributed by atoms with Crippen molar-refractivity contribution in [2.24, 2.45) is 0 Å². The summed E-state index contributed by atoms with van der Waals surface area (Å²) >= 11 is 0. The Labute approximate surface area is 171 Å². The molecule has 2 heterocycles. The molecule has 1 saturated heterocycles. The van der Waals surface area contributed by atoms with Crippen molar-refractivity contribution in [3.05, 3.63) is 102 Å². The minimum Gasteiger partial charge on any atom is -0.0660 e. The SMILES string of the molecule is CC1=C(C)[C@@H]2[C@H](P(c3ccccc3)c3ccccc3)C[C@H]1P2c1ccccc1. The fraction of sp³-hybridized carbons (Fsp3) is 0.231. The number of hydrogen-bond donors (Lipinski definition) is 0. The van der Waals surface area contributed by atoms with E-state index in [4.69, 9.17) is 0 Å².